The van der Waals surface area contributed by atoms with Gasteiger partial charge in [0, 0.05) is 5.39 Å². The third-order valence-corrected chi connectivity index (χ3v) is 2.60. The second kappa shape index (κ2) is 3.97. The number of aromatic nitrogens is 1. The molecule has 0 radical (unpaired) electrons. The van der Waals surface area contributed by atoms with Gasteiger partial charge in [0.2, 0.25) is 0 Å². The fourth-order valence-electron chi connectivity index (χ4n) is 1.58. The molecule has 0 amide bonds. The first-order valence-corrected chi connectivity index (χ1v) is 5.23. The minimum atomic E-state index is 0.644. The second-order valence-corrected chi connectivity index (χ2v) is 3.74. The fraction of sp³-hybridized carbons (Fsp3) is 0.250. The number of nitrogens with zero attached hydrogens (tertiary/aromatic N) is 1. The average molecular weight is 206 g/mol. The van der Waals surface area contributed by atoms with Gasteiger partial charge in [-0.15, -0.1) is 0 Å². The van der Waals surface area contributed by atoms with Crippen LogP contribution in [0, 0.1) is 0 Å². The summed E-state index contributed by atoms with van der Waals surface area (Å²) in [5.74, 6) is 0. The number of halogens is 1. The molecule has 0 unspecified atom stereocenters. The van der Waals surface area contributed by atoms with Crippen molar-refractivity contribution in [1.82, 2.24) is 4.98 Å². The van der Waals surface area contributed by atoms with Gasteiger partial charge < -0.3 is 0 Å². The number of hydrogen-bond donors (Lipinski definition) is 0. The van der Waals surface area contributed by atoms with Gasteiger partial charge in [0.15, 0.2) is 0 Å². The van der Waals surface area contributed by atoms with E-state index >= 15 is 0 Å². The molecule has 1 aromatic heterocycles. The molecule has 0 aliphatic rings. The van der Waals surface area contributed by atoms with Crippen LogP contribution in [0.5, 0.6) is 0 Å². The van der Waals surface area contributed by atoms with Crippen molar-refractivity contribution < 1.29 is 0 Å². The van der Waals surface area contributed by atoms with Crippen LogP contribution in [0.1, 0.15) is 18.9 Å². The Morgan fingerprint density at radius 2 is 2.07 bits per heavy atom. The topological polar surface area (TPSA) is 12.9 Å². The highest BCUT2D eigenvalue weighted by atomic mass is 35.5. The summed E-state index contributed by atoms with van der Waals surface area (Å²) in [7, 11) is 0. The van der Waals surface area contributed by atoms with Crippen LogP contribution in [0.15, 0.2) is 30.3 Å². The first-order valence-electron chi connectivity index (χ1n) is 4.85. The van der Waals surface area contributed by atoms with Crippen LogP contribution in [-0.2, 0) is 6.42 Å². The summed E-state index contributed by atoms with van der Waals surface area (Å²) in [5.41, 5.74) is 2.12. The largest absolute Gasteiger partial charge is 0.236 e. The standard InChI is InChI=1S/C12H12ClN/c1-2-5-10-8-9-6-3-4-7-11(9)14-12(10)13/h3-4,6-8H,2,5H2,1H3. The molecule has 0 fully saturated rings. The third kappa shape index (κ3) is 1.73. The van der Waals surface area contributed by atoms with Crippen molar-refractivity contribution >= 4 is 22.5 Å². The Balaban J connectivity index is 2.59. The summed E-state index contributed by atoms with van der Waals surface area (Å²) >= 11 is 6.07. The van der Waals surface area contributed by atoms with E-state index in [0.29, 0.717) is 5.15 Å². The van der Waals surface area contributed by atoms with Gasteiger partial charge in [-0.25, -0.2) is 4.98 Å². The maximum absolute atomic E-state index is 6.07. The van der Waals surface area contributed by atoms with Gasteiger partial charge >= 0.3 is 0 Å². The maximum atomic E-state index is 6.07. The summed E-state index contributed by atoms with van der Waals surface area (Å²) in [6, 6.07) is 10.2. The van der Waals surface area contributed by atoms with Crippen molar-refractivity contribution in [2.75, 3.05) is 0 Å². The zero-order valence-electron chi connectivity index (χ0n) is 8.13. The number of para-hydroxylation sites is 1. The Hall–Kier alpha value is -1.08. The molecule has 1 nitrogen and oxygen atoms in total. The molecular weight excluding hydrogens is 194 g/mol. The molecule has 0 bridgehead atoms. The van der Waals surface area contributed by atoms with Crippen molar-refractivity contribution in [2.45, 2.75) is 19.8 Å². The zero-order valence-corrected chi connectivity index (χ0v) is 8.88. The predicted molar refractivity (Wildman–Crippen MR) is 60.7 cm³/mol. The Morgan fingerprint density at radius 3 is 2.86 bits per heavy atom. The van der Waals surface area contributed by atoms with E-state index in [1.807, 2.05) is 18.2 Å². The molecule has 0 saturated carbocycles. The van der Waals surface area contributed by atoms with E-state index < -0.39 is 0 Å². The van der Waals surface area contributed by atoms with Gasteiger partial charge in [0.1, 0.15) is 5.15 Å². The number of pyridine rings is 1. The molecule has 0 spiro atoms. The first-order chi connectivity index (χ1) is 6.81. The molecule has 1 heterocycles. The molecule has 1 aromatic carbocycles. The van der Waals surface area contributed by atoms with Crippen LogP contribution in [-0.4, -0.2) is 4.98 Å². The summed E-state index contributed by atoms with van der Waals surface area (Å²) in [6.45, 7) is 2.14. The van der Waals surface area contributed by atoms with E-state index in [1.54, 1.807) is 0 Å². The minimum absolute atomic E-state index is 0.644. The van der Waals surface area contributed by atoms with Crippen LogP contribution in [0.4, 0.5) is 0 Å². The molecule has 0 N–H and O–H groups in total. The highest BCUT2D eigenvalue weighted by molar-refractivity contribution is 6.30. The first kappa shape index (κ1) is 9.47. The minimum Gasteiger partial charge on any atom is -0.236 e. The van der Waals surface area contributed by atoms with E-state index in [0.717, 1.165) is 23.9 Å². The molecule has 0 atom stereocenters. The second-order valence-electron chi connectivity index (χ2n) is 3.38. The van der Waals surface area contributed by atoms with Crippen molar-refractivity contribution in [1.29, 1.82) is 0 Å². The van der Waals surface area contributed by atoms with Crippen LogP contribution < -0.4 is 0 Å². The van der Waals surface area contributed by atoms with Gasteiger partial charge in [0.25, 0.3) is 0 Å². The van der Waals surface area contributed by atoms with E-state index in [1.165, 1.54) is 5.39 Å². The van der Waals surface area contributed by atoms with Crippen molar-refractivity contribution in [3.05, 3.63) is 41.0 Å². The lowest BCUT2D eigenvalue weighted by molar-refractivity contribution is 0.918. The van der Waals surface area contributed by atoms with Gasteiger partial charge in [-0.05, 0) is 24.1 Å². The Bertz CT molecular complexity index is 451. The summed E-state index contributed by atoms with van der Waals surface area (Å²) in [5, 5.41) is 1.81. The number of rotatable bonds is 2. The number of hydrogen-bond acceptors (Lipinski definition) is 1. The van der Waals surface area contributed by atoms with Gasteiger partial charge in [-0.2, -0.15) is 0 Å². The monoisotopic (exact) mass is 205 g/mol. The molecular formula is C12H12ClN. The van der Waals surface area contributed by atoms with Gasteiger partial charge in [0.05, 0.1) is 5.52 Å². The van der Waals surface area contributed by atoms with E-state index in [2.05, 4.69) is 24.0 Å². The molecule has 2 heteroatoms. The lowest BCUT2D eigenvalue weighted by atomic mass is 10.1. The van der Waals surface area contributed by atoms with Crippen LogP contribution in [0.2, 0.25) is 5.15 Å². The summed E-state index contributed by atoms with van der Waals surface area (Å²) in [4.78, 5) is 4.36. The SMILES string of the molecule is CCCc1cc2ccccc2nc1Cl. The zero-order chi connectivity index (χ0) is 9.97. The lowest BCUT2D eigenvalue weighted by Gasteiger charge is -2.04. The normalized spacial score (nSPS) is 10.7. The average Bonchev–Trinajstić information content (AvgIpc) is 2.19. The highest BCUT2D eigenvalue weighted by Crippen LogP contribution is 2.21. The Kier molecular flexibility index (Phi) is 2.69. The predicted octanol–water partition coefficient (Wildman–Crippen LogP) is 3.84. The quantitative estimate of drug-likeness (QED) is 0.679. The smallest absolute Gasteiger partial charge is 0.132 e. The number of fused-ring (bicyclic) bond motifs is 1. The lowest BCUT2D eigenvalue weighted by Crippen LogP contribution is -1.89. The summed E-state index contributed by atoms with van der Waals surface area (Å²) < 4.78 is 0. The molecule has 72 valence electrons. The van der Waals surface area contributed by atoms with Gasteiger partial charge in [-0.1, -0.05) is 43.1 Å². The van der Waals surface area contributed by atoms with E-state index in [4.69, 9.17) is 11.6 Å². The van der Waals surface area contributed by atoms with E-state index in [9.17, 15) is 0 Å². The summed E-state index contributed by atoms with van der Waals surface area (Å²) in [6.07, 6.45) is 2.09. The van der Waals surface area contributed by atoms with Gasteiger partial charge in [-0.3, -0.25) is 0 Å². The molecule has 2 rings (SSSR count). The molecule has 0 saturated heterocycles. The van der Waals surface area contributed by atoms with Crippen molar-refractivity contribution in [3.8, 4) is 0 Å². The maximum Gasteiger partial charge on any atom is 0.132 e. The van der Waals surface area contributed by atoms with Crippen molar-refractivity contribution in [3.63, 3.8) is 0 Å². The molecule has 0 aliphatic carbocycles. The van der Waals surface area contributed by atoms with Crippen LogP contribution >= 0.6 is 11.6 Å². The van der Waals surface area contributed by atoms with E-state index in [-0.39, 0.29) is 0 Å². The Morgan fingerprint density at radius 1 is 1.29 bits per heavy atom. The Labute approximate surface area is 88.7 Å². The third-order valence-electron chi connectivity index (χ3n) is 2.27. The van der Waals surface area contributed by atoms with Crippen molar-refractivity contribution in [2.24, 2.45) is 0 Å². The van der Waals surface area contributed by atoms with Crippen LogP contribution in [0.3, 0.4) is 0 Å². The fourth-order valence-corrected chi connectivity index (χ4v) is 1.82. The number of benzene rings is 1. The molecule has 14 heavy (non-hydrogen) atoms. The number of aryl methyl sites for hydroxylation is 1. The van der Waals surface area contributed by atoms with Crippen LogP contribution in [0.25, 0.3) is 10.9 Å². The molecule has 2 aromatic rings. The highest BCUT2D eigenvalue weighted by Gasteiger charge is 2.02. The molecule has 0 aliphatic heterocycles.